The quantitative estimate of drug-likeness (QED) is 0.100. The summed E-state index contributed by atoms with van der Waals surface area (Å²) in [7, 11) is 1.77. The molecule has 0 aliphatic heterocycles. The third-order valence-electron chi connectivity index (χ3n) is 5.89. The highest BCUT2D eigenvalue weighted by atomic mass is 16.5. The summed E-state index contributed by atoms with van der Waals surface area (Å²) >= 11 is 0. The van der Waals surface area contributed by atoms with Gasteiger partial charge in [0.2, 0.25) is 0 Å². The van der Waals surface area contributed by atoms with E-state index in [0.29, 0.717) is 35.1 Å². The van der Waals surface area contributed by atoms with Gasteiger partial charge in [0, 0.05) is 53.6 Å². The van der Waals surface area contributed by atoms with E-state index in [2.05, 4.69) is 19.2 Å². The Labute approximate surface area is 246 Å². The molecular formula is C33H48N6O2. The molecule has 4 N–H and O–H groups in total. The molecule has 2 aromatic carbocycles. The van der Waals surface area contributed by atoms with Gasteiger partial charge in [-0.3, -0.25) is 4.79 Å². The largest absolute Gasteiger partial charge is 0.488 e. The van der Waals surface area contributed by atoms with Gasteiger partial charge in [-0.05, 0) is 57.2 Å². The second-order valence-corrected chi connectivity index (χ2v) is 9.33. The molecule has 3 rings (SSSR count). The van der Waals surface area contributed by atoms with Gasteiger partial charge in [-0.2, -0.15) is 0 Å². The third-order valence-corrected chi connectivity index (χ3v) is 5.89. The van der Waals surface area contributed by atoms with E-state index in [4.69, 9.17) is 25.8 Å². The summed E-state index contributed by atoms with van der Waals surface area (Å²) in [4.78, 5) is 23.6. The van der Waals surface area contributed by atoms with Gasteiger partial charge in [-0.15, -0.1) is 0 Å². The van der Waals surface area contributed by atoms with E-state index in [1.165, 1.54) is 12.6 Å². The van der Waals surface area contributed by atoms with Crippen LogP contribution in [0.15, 0.2) is 60.4 Å². The van der Waals surface area contributed by atoms with E-state index in [-0.39, 0.29) is 18.6 Å². The minimum absolute atomic E-state index is 0.0246. The number of nitrogen functional groups attached to an aromatic ring is 1. The minimum atomic E-state index is -0.0763. The number of ether oxygens (including phenoxy) is 1. The third kappa shape index (κ3) is 10.4. The number of para-hydroxylation sites is 1. The lowest BCUT2D eigenvalue weighted by Gasteiger charge is -2.21. The molecule has 3 aromatic rings. The normalized spacial score (nSPS) is 11.2. The van der Waals surface area contributed by atoms with E-state index >= 15 is 0 Å². The fourth-order valence-corrected chi connectivity index (χ4v) is 3.46. The van der Waals surface area contributed by atoms with E-state index < -0.39 is 0 Å². The van der Waals surface area contributed by atoms with Crippen molar-refractivity contribution in [1.29, 1.82) is 5.41 Å². The zero-order valence-electron chi connectivity index (χ0n) is 26.2. The molecule has 1 aromatic heterocycles. The fourth-order valence-electron chi connectivity index (χ4n) is 3.46. The highest BCUT2D eigenvalue weighted by molar-refractivity contribution is 5.93. The van der Waals surface area contributed by atoms with E-state index in [1.54, 1.807) is 18.0 Å². The fraction of sp³-hybridized carbons (Fsp3) is 0.394. The van der Waals surface area contributed by atoms with E-state index in [0.717, 1.165) is 22.2 Å². The van der Waals surface area contributed by atoms with Crippen LogP contribution in [0.4, 0.5) is 17.2 Å². The number of nitrogens with two attached hydrogens (primary N) is 1. The number of nitrogens with zero attached hydrogens (tertiary/aromatic N) is 3. The molecule has 1 amide bonds. The van der Waals surface area contributed by atoms with Crippen molar-refractivity contribution in [3.8, 4) is 0 Å². The number of anilines is 3. The van der Waals surface area contributed by atoms with Crippen molar-refractivity contribution in [3.05, 3.63) is 71.8 Å². The smallest absolute Gasteiger partial charge is 0.260 e. The number of hydrogen-bond acceptors (Lipinski definition) is 7. The Morgan fingerprint density at radius 1 is 1.12 bits per heavy atom. The molecule has 0 aliphatic carbocycles. The van der Waals surface area contributed by atoms with Crippen molar-refractivity contribution >= 4 is 45.8 Å². The highest BCUT2D eigenvalue weighted by Crippen LogP contribution is 2.28. The van der Waals surface area contributed by atoms with Crippen LogP contribution in [0.5, 0.6) is 0 Å². The van der Waals surface area contributed by atoms with Gasteiger partial charge < -0.3 is 26.1 Å². The number of hydrogen-bond donors (Lipinski definition) is 3. The van der Waals surface area contributed by atoms with Crippen LogP contribution < -0.4 is 11.1 Å². The lowest BCUT2D eigenvalue weighted by molar-refractivity contribution is -0.135. The molecule has 8 nitrogen and oxygen atoms in total. The molecule has 0 saturated heterocycles. The van der Waals surface area contributed by atoms with Crippen LogP contribution in [-0.4, -0.2) is 46.7 Å². The number of carbonyl (C=O) groups is 1. The minimum Gasteiger partial charge on any atom is -0.488 e. The molecule has 0 radical (unpaired) electrons. The summed E-state index contributed by atoms with van der Waals surface area (Å²) in [5, 5.41) is 11.8. The van der Waals surface area contributed by atoms with Crippen molar-refractivity contribution in [1.82, 2.24) is 14.9 Å². The number of nitrogens with one attached hydrogen (secondary N) is 2. The van der Waals surface area contributed by atoms with Crippen LogP contribution >= 0.6 is 0 Å². The summed E-state index contributed by atoms with van der Waals surface area (Å²) in [5.74, 6) is 1.76. The Bertz CT molecular complexity index is 1330. The maximum atomic E-state index is 12.4. The molecule has 222 valence electrons. The van der Waals surface area contributed by atoms with Crippen molar-refractivity contribution in [3.63, 3.8) is 0 Å². The van der Waals surface area contributed by atoms with Crippen molar-refractivity contribution in [2.45, 2.75) is 74.3 Å². The monoisotopic (exact) mass is 560 g/mol. The number of carbonyl (C=O) groups excluding carboxylic acids is 1. The lowest BCUT2D eigenvalue weighted by Crippen LogP contribution is -2.35. The van der Waals surface area contributed by atoms with Crippen LogP contribution in [0.3, 0.4) is 0 Å². The summed E-state index contributed by atoms with van der Waals surface area (Å²) < 4.78 is 5.85. The highest BCUT2D eigenvalue weighted by Gasteiger charge is 2.15. The van der Waals surface area contributed by atoms with Crippen molar-refractivity contribution < 1.29 is 9.53 Å². The topological polar surface area (TPSA) is 117 Å². The Hall–Kier alpha value is -4.20. The van der Waals surface area contributed by atoms with Crippen molar-refractivity contribution in [2.75, 3.05) is 24.7 Å². The first-order chi connectivity index (χ1) is 19.7. The molecule has 0 atom stereocenters. The lowest BCUT2D eigenvalue weighted by atomic mass is 10.1. The number of likely N-dealkylation sites (N-methyl/N-ethyl adjacent to an activating group) is 1. The molecule has 1 heterocycles. The summed E-state index contributed by atoms with van der Waals surface area (Å²) in [6, 6.07) is 13.3. The molecule has 0 unspecified atom stereocenters. The standard InChI is InChI=1S/C28H34N6O2.C3H8.C2H6/c1-6-19(15-22(7-2)36-17-26(35)34(5)18(3)4)27-32-25-11-9-8-10-23(25)28(33-27)31-21-12-13-24(30)20(14-21)16-29;1-3-2;1-2/h6,8-16,18,29H,7,17,30H2,1-5H3,(H,31,32,33);3H2,1-2H3;1-2H3/b19-6+,22-15+,29-16?;;. The van der Waals surface area contributed by atoms with Crippen molar-refractivity contribution in [2.24, 2.45) is 0 Å². The molecule has 0 bridgehead atoms. The van der Waals surface area contributed by atoms with Gasteiger partial charge in [0.25, 0.3) is 5.91 Å². The summed E-state index contributed by atoms with van der Waals surface area (Å²) in [5.41, 5.74) is 9.44. The van der Waals surface area contributed by atoms with Crippen LogP contribution in [0.1, 0.15) is 79.6 Å². The Kier molecular flexibility index (Phi) is 15.5. The average Bonchev–Trinajstić information content (AvgIpc) is 2.99. The molecule has 0 aliphatic rings. The van der Waals surface area contributed by atoms with Crippen LogP contribution in [-0.2, 0) is 9.53 Å². The maximum Gasteiger partial charge on any atom is 0.260 e. The van der Waals surface area contributed by atoms with Gasteiger partial charge in [-0.25, -0.2) is 9.97 Å². The molecule has 41 heavy (non-hydrogen) atoms. The van der Waals surface area contributed by atoms with Gasteiger partial charge in [0.1, 0.15) is 5.82 Å². The number of rotatable bonds is 10. The van der Waals surface area contributed by atoms with Gasteiger partial charge in [0.15, 0.2) is 12.4 Å². The van der Waals surface area contributed by atoms with E-state index in [1.807, 2.05) is 90.1 Å². The second-order valence-electron chi connectivity index (χ2n) is 9.33. The maximum absolute atomic E-state index is 12.4. The van der Waals surface area contributed by atoms with Crippen LogP contribution in [0.2, 0.25) is 0 Å². The summed E-state index contributed by atoms with van der Waals surface area (Å²) in [6.45, 7) is 16.0. The predicted octanol–water partition coefficient (Wildman–Crippen LogP) is 7.98. The number of aromatic nitrogens is 2. The molecular weight excluding hydrogens is 512 g/mol. The van der Waals surface area contributed by atoms with Crippen LogP contribution in [0, 0.1) is 5.41 Å². The second kappa shape index (κ2) is 18.2. The Morgan fingerprint density at radius 2 is 1.78 bits per heavy atom. The first-order valence-corrected chi connectivity index (χ1v) is 14.4. The Morgan fingerprint density at radius 3 is 2.37 bits per heavy atom. The van der Waals surface area contributed by atoms with E-state index in [9.17, 15) is 4.79 Å². The van der Waals surface area contributed by atoms with Gasteiger partial charge in [0.05, 0.1) is 11.3 Å². The Balaban J connectivity index is 0.00000157. The first-order valence-electron chi connectivity index (χ1n) is 14.4. The van der Waals surface area contributed by atoms with Gasteiger partial charge >= 0.3 is 0 Å². The molecule has 0 saturated carbocycles. The zero-order valence-corrected chi connectivity index (χ0v) is 26.2. The molecule has 0 spiro atoms. The predicted molar refractivity (Wildman–Crippen MR) is 175 cm³/mol. The number of benzene rings is 2. The number of allylic oxidation sites excluding steroid dienone is 4. The molecule has 0 fully saturated rings. The van der Waals surface area contributed by atoms with Crippen LogP contribution in [0.25, 0.3) is 16.5 Å². The SMILES string of the molecule is C/C=C(\C=C(/CC)OCC(=O)N(C)C(C)C)c1nc(Nc2ccc(N)c(C=N)c2)c2ccccc2n1.CC.CCC. The van der Waals surface area contributed by atoms with Gasteiger partial charge in [-0.1, -0.05) is 59.2 Å². The zero-order chi connectivity index (χ0) is 30.9. The number of amides is 1. The first kappa shape index (κ1) is 34.8. The molecule has 8 heteroatoms. The summed E-state index contributed by atoms with van der Waals surface area (Å²) in [6.07, 6.45) is 6.90. The average molecular weight is 561 g/mol. The number of fused-ring (bicyclic) bond motifs is 1.